The minimum atomic E-state index is -0.271. The number of pyridine rings is 1. The number of nitrogens with one attached hydrogen (secondary N) is 2. The highest BCUT2D eigenvalue weighted by atomic mass is 16.2. The first-order valence-corrected chi connectivity index (χ1v) is 9.70. The van der Waals surface area contributed by atoms with Crippen molar-refractivity contribution in [3.63, 3.8) is 0 Å². The Morgan fingerprint density at radius 2 is 1.59 bits per heavy atom. The van der Waals surface area contributed by atoms with Crippen LogP contribution >= 0.6 is 0 Å². The Morgan fingerprint density at radius 3 is 2.22 bits per heavy atom. The van der Waals surface area contributed by atoms with Crippen LogP contribution < -0.4 is 10.6 Å². The normalized spacial score (nSPS) is 14.8. The molecular formula is C22H27N3O2. The van der Waals surface area contributed by atoms with Gasteiger partial charge in [0.15, 0.2) is 0 Å². The van der Waals surface area contributed by atoms with Crippen molar-refractivity contribution in [2.45, 2.75) is 57.9 Å². The summed E-state index contributed by atoms with van der Waals surface area (Å²) in [6.07, 6.45) is 8.57. The molecule has 2 N–H and O–H groups in total. The van der Waals surface area contributed by atoms with Gasteiger partial charge in [-0.25, -0.2) is 0 Å². The lowest BCUT2D eigenvalue weighted by atomic mass is 9.95. The van der Waals surface area contributed by atoms with Gasteiger partial charge in [0.25, 0.3) is 11.8 Å². The number of carbonyl (C=O) groups is 2. The van der Waals surface area contributed by atoms with Gasteiger partial charge >= 0.3 is 0 Å². The van der Waals surface area contributed by atoms with Gasteiger partial charge in [0, 0.05) is 24.1 Å². The van der Waals surface area contributed by atoms with Gasteiger partial charge in [-0.1, -0.05) is 45.2 Å². The van der Waals surface area contributed by atoms with Crippen LogP contribution in [0.25, 0.3) is 0 Å². The van der Waals surface area contributed by atoms with Crippen LogP contribution in [0.5, 0.6) is 0 Å². The molecule has 2 amide bonds. The molecule has 5 heteroatoms. The lowest BCUT2D eigenvalue weighted by Crippen LogP contribution is -2.36. The van der Waals surface area contributed by atoms with Crippen molar-refractivity contribution in [3.05, 3.63) is 59.4 Å². The van der Waals surface area contributed by atoms with Crippen LogP contribution in [-0.2, 0) is 0 Å². The molecule has 27 heavy (non-hydrogen) atoms. The molecule has 0 bridgehead atoms. The second-order valence-electron chi connectivity index (χ2n) is 7.50. The predicted octanol–water partition coefficient (Wildman–Crippen LogP) is 4.52. The Balaban J connectivity index is 1.65. The van der Waals surface area contributed by atoms with E-state index in [1.165, 1.54) is 24.4 Å². The van der Waals surface area contributed by atoms with E-state index in [-0.39, 0.29) is 17.9 Å². The fourth-order valence-electron chi connectivity index (χ4n) is 3.36. The molecule has 0 saturated heterocycles. The summed E-state index contributed by atoms with van der Waals surface area (Å²) < 4.78 is 0. The van der Waals surface area contributed by atoms with Crippen molar-refractivity contribution in [1.29, 1.82) is 0 Å². The quantitative estimate of drug-likeness (QED) is 0.818. The van der Waals surface area contributed by atoms with E-state index in [2.05, 4.69) is 29.5 Å². The smallest absolute Gasteiger partial charge is 0.257 e. The molecule has 0 atom stereocenters. The van der Waals surface area contributed by atoms with Crippen molar-refractivity contribution < 1.29 is 9.59 Å². The topological polar surface area (TPSA) is 71.1 Å². The Morgan fingerprint density at radius 1 is 0.963 bits per heavy atom. The minimum Gasteiger partial charge on any atom is -0.349 e. The van der Waals surface area contributed by atoms with E-state index in [4.69, 9.17) is 0 Å². The van der Waals surface area contributed by atoms with Crippen LogP contribution in [0.1, 0.15) is 78.1 Å². The third-order valence-electron chi connectivity index (χ3n) is 5.04. The SMILES string of the molecule is CC(C)c1ccc(NC(=O)c2cncc(C(=O)NC3CCCCC3)c2)cc1. The number of anilines is 1. The average molecular weight is 365 g/mol. The zero-order chi connectivity index (χ0) is 19.2. The van der Waals surface area contributed by atoms with Gasteiger partial charge in [0.2, 0.25) is 0 Å². The Bertz CT molecular complexity index is 793. The second kappa shape index (κ2) is 8.80. The summed E-state index contributed by atoms with van der Waals surface area (Å²) in [6, 6.07) is 9.62. The largest absolute Gasteiger partial charge is 0.349 e. The highest BCUT2D eigenvalue weighted by Crippen LogP contribution is 2.19. The number of carbonyl (C=O) groups excluding carboxylic acids is 2. The van der Waals surface area contributed by atoms with Crippen LogP contribution in [0.4, 0.5) is 5.69 Å². The second-order valence-corrected chi connectivity index (χ2v) is 7.50. The number of amides is 2. The molecule has 1 aliphatic carbocycles. The van der Waals surface area contributed by atoms with E-state index in [0.717, 1.165) is 31.4 Å². The molecule has 0 radical (unpaired) electrons. The molecule has 142 valence electrons. The molecular weight excluding hydrogens is 338 g/mol. The maximum absolute atomic E-state index is 12.5. The predicted molar refractivity (Wildman–Crippen MR) is 107 cm³/mol. The number of benzene rings is 1. The maximum Gasteiger partial charge on any atom is 0.257 e. The van der Waals surface area contributed by atoms with Crippen LogP contribution in [0, 0.1) is 0 Å². The molecule has 5 nitrogen and oxygen atoms in total. The van der Waals surface area contributed by atoms with Crippen molar-refractivity contribution in [3.8, 4) is 0 Å². The summed E-state index contributed by atoms with van der Waals surface area (Å²) in [5.41, 5.74) is 2.74. The molecule has 1 aliphatic rings. The first-order valence-electron chi connectivity index (χ1n) is 9.70. The van der Waals surface area contributed by atoms with Crippen molar-refractivity contribution in [2.24, 2.45) is 0 Å². The summed E-state index contributed by atoms with van der Waals surface area (Å²) in [7, 11) is 0. The van der Waals surface area contributed by atoms with Gasteiger partial charge in [-0.15, -0.1) is 0 Å². The fourth-order valence-corrected chi connectivity index (χ4v) is 3.36. The van der Waals surface area contributed by atoms with Gasteiger partial charge in [0.05, 0.1) is 11.1 Å². The summed E-state index contributed by atoms with van der Waals surface area (Å²) in [6.45, 7) is 4.26. The highest BCUT2D eigenvalue weighted by Gasteiger charge is 2.18. The third kappa shape index (κ3) is 5.16. The molecule has 1 saturated carbocycles. The van der Waals surface area contributed by atoms with E-state index in [1.54, 1.807) is 6.07 Å². The lowest BCUT2D eigenvalue weighted by Gasteiger charge is -2.22. The molecule has 0 spiro atoms. The summed E-state index contributed by atoms with van der Waals surface area (Å²) in [5.74, 6) is 0.00996. The monoisotopic (exact) mass is 365 g/mol. The Labute approximate surface area is 160 Å². The molecule has 1 aromatic heterocycles. The molecule has 0 aliphatic heterocycles. The Kier molecular flexibility index (Phi) is 6.22. The van der Waals surface area contributed by atoms with Gasteiger partial charge in [-0.2, -0.15) is 0 Å². The standard InChI is InChI=1S/C22H27N3O2/c1-15(2)16-8-10-20(11-9-16)25-22(27)18-12-17(13-23-14-18)21(26)24-19-6-4-3-5-7-19/h8-15,19H,3-7H2,1-2H3,(H,24,26)(H,25,27). The average Bonchev–Trinajstić information content (AvgIpc) is 2.69. The first-order chi connectivity index (χ1) is 13.0. The summed E-state index contributed by atoms with van der Waals surface area (Å²) in [5, 5.41) is 5.92. The summed E-state index contributed by atoms with van der Waals surface area (Å²) in [4.78, 5) is 29.1. The third-order valence-corrected chi connectivity index (χ3v) is 5.04. The molecule has 1 heterocycles. The van der Waals surface area contributed by atoms with Gasteiger partial charge in [0.1, 0.15) is 0 Å². The molecule has 0 unspecified atom stereocenters. The zero-order valence-corrected chi connectivity index (χ0v) is 16.0. The maximum atomic E-state index is 12.5. The van der Waals surface area contributed by atoms with E-state index in [9.17, 15) is 9.59 Å². The van der Waals surface area contributed by atoms with Gasteiger partial charge < -0.3 is 10.6 Å². The summed E-state index contributed by atoms with van der Waals surface area (Å²) >= 11 is 0. The van der Waals surface area contributed by atoms with Crippen LogP contribution in [-0.4, -0.2) is 22.8 Å². The lowest BCUT2D eigenvalue weighted by molar-refractivity contribution is 0.0927. The van der Waals surface area contributed by atoms with Crippen LogP contribution in [0.3, 0.4) is 0 Å². The first kappa shape index (κ1) is 19.1. The van der Waals surface area contributed by atoms with Crippen molar-refractivity contribution >= 4 is 17.5 Å². The van der Waals surface area contributed by atoms with Gasteiger partial charge in [-0.05, 0) is 42.5 Å². The van der Waals surface area contributed by atoms with Gasteiger partial charge in [-0.3, -0.25) is 14.6 Å². The zero-order valence-electron chi connectivity index (χ0n) is 16.0. The minimum absolute atomic E-state index is 0.162. The van der Waals surface area contributed by atoms with E-state index in [0.29, 0.717) is 17.0 Å². The van der Waals surface area contributed by atoms with Crippen molar-refractivity contribution in [1.82, 2.24) is 10.3 Å². The van der Waals surface area contributed by atoms with Crippen LogP contribution in [0.2, 0.25) is 0 Å². The number of hydrogen-bond acceptors (Lipinski definition) is 3. The number of hydrogen-bond donors (Lipinski definition) is 2. The molecule has 1 fully saturated rings. The van der Waals surface area contributed by atoms with Crippen LogP contribution in [0.15, 0.2) is 42.7 Å². The van der Waals surface area contributed by atoms with E-state index in [1.807, 2.05) is 24.3 Å². The fraction of sp³-hybridized carbons (Fsp3) is 0.409. The highest BCUT2D eigenvalue weighted by molar-refractivity contribution is 6.05. The molecule has 3 rings (SSSR count). The van der Waals surface area contributed by atoms with E-state index < -0.39 is 0 Å². The number of nitrogens with zero attached hydrogens (tertiary/aromatic N) is 1. The Hall–Kier alpha value is -2.69. The van der Waals surface area contributed by atoms with E-state index >= 15 is 0 Å². The van der Waals surface area contributed by atoms with Crippen molar-refractivity contribution in [2.75, 3.05) is 5.32 Å². The number of rotatable bonds is 5. The molecule has 1 aromatic carbocycles. The number of aromatic nitrogens is 1. The molecule has 2 aromatic rings.